The molecule has 1 heterocycles. The number of carbonyl (C=O) groups excluding carboxylic acids is 2. The second-order valence-corrected chi connectivity index (χ2v) is 10.5. The molecule has 0 aromatic heterocycles. The number of phenols is 1. The Kier molecular flexibility index (Phi) is 8.04. The molecule has 0 bridgehead atoms. The van der Waals surface area contributed by atoms with E-state index >= 15 is 0 Å². The molecule has 7 heteroatoms. The van der Waals surface area contributed by atoms with Gasteiger partial charge in [0.1, 0.15) is 5.92 Å². The van der Waals surface area contributed by atoms with Crippen LogP contribution < -0.4 is 4.74 Å². The molecule has 33 heavy (non-hydrogen) atoms. The molecule has 1 aliphatic carbocycles. The molecular weight excluding hydrogens is 486 g/mol. The summed E-state index contributed by atoms with van der Waals surface area (Å²) in [7, 11) is 0. The van der Waals surface area contributed by atoms with Gasteiger partial charge in [-0.1, -0.05) is 33.6 Å². The topological polar surface area (TPSA) is 85.2 Å². The molecule has 0 radical (unpaired) electrons. The fraction of sp³-hybridized carbons (Fsp3) is 0.577. The fourth-order valence-corrected chi connectivity index (χ4v) is 5.22. The number of aliphatic imine (C=N–C) groups is 1. The largest absolute Gasteiger partial charge is 0.503 e. The zero-order valence-electron chi connectivity index (χ0n) is 20.2. The SMILES string of the molecule is CCCCCOC(=O)C1C(C)=NC2=C(C(=O)CC(C)(C)C2)[C@H]1c1cc(Br)c(O)c(OCC)c1. The number of rotatable bonds is 8. The molecule has 180 valence electrons. The first-order chi connectivity index (χ1) is 15.6. The number of benzene rings is 1. The van der Waals surface area contributed by atoms with E-state index < -0.39 is 11.8 Å². The summed E-state index contributed by atoms with van der Waals surface area (Å²) in [5, 5.41) is 10.4. The number of Topliss-reactive ketones (excluding diaryl/α,β-unsaturated/α-hetero) is 1. The number of carbonyl (C=O) groups is 2. The van der Waals surface area contributed by atoms with E-state index in [1.165, 1.54) is 0 Å². The van der Waals surface area contributed by atoms with Crippen LogP contribution in [0.25, 0.3) is 0 Å². The predicted molar refractivity (Wildman–Crippen MR) is 132 cm³/mol. The lowest BCUT2D eigenvalue weighted by Crippen LogP contribution is -2.39. The van der Waals surface area contributed by atoms with Crippen LogP contribution in [0.2, 0.25) is 0 Å². The number of ether oxygens (including phenoxy) is 2. The van der Waals surface area contributed by atoms with Gasteiger partial charge >= 0.3 is 5.97 Å². The minimum atomic E-state index is -0.707. The second-order valence-electron chi connectivity index (χ2n) is 9.67. The maximum absolute atomic E-state index is 13.4. The van der Waals surface area contributed by atoms with Gasteiger partial charge in [0, 0.05) is 29.3 Å². The van der Waals surface area contributed by atoms with Crippen LogP contribution in [0.1, 0.15) is 78.2 Å². The third kappa shape index (κ3) is 5.51. The van der Waals surface area contributed by atoms with Gasteiger partial charge in [0.05, 0.1) is 17.7 Å². The van der Waals surface area contributed by atoms with E-state index in [-0.39, 0.29) is 22.9 Å². The van der Waals surface area contributed by atoms with Crippen molar-refractivity contribution in [2.24, 2.45) is 16.3 Å². The van der Waals surface area contributed by atoms with E-state index in [4.69, 9.17) is 14.5 Å². The number of unbranched alkanes of at least 4 members (excludes halogenated alkanes) is 2. The van der Waals surface area contributed by atoms with E-state index in [2.05, 4.69) is 36.7 Å². The van der Waals surface area contributed by atoms with Crippen LogP contribution in [-0.4, -0.2) is 35.8 Å². The van der Waals surface area contributed by atoms with E-state index in [9.17, 15) is 14.7 Å². The first kappa shape index (κ1) is 25.5. The van der Waals surface area contributed by atoms with E-state index in [1.807, 2.05) is 13.8 Å². The van der Waals surface area contributed by atoms with Gasteiger partial charge in [-0.3, -0.25) is 14.6 Å². The molecule has 1 aromatic rings. The smallest absolute Gasteiger partial charge is 0.315 e. The Hall–Kier alpha value is -2.15. The highest BCUT2D eigenvalue weighted by Crippen LogP contribution is 2.49. The Bertz CT molecular complexity index is 995. The number of aromatic hydroxyl groups is 1. The average Bonchev–Trinajstić information content (AvgIpc) is 2.72. The summed E-state index contributed by atoms with van der Waals surface area (Å²) in [6.07, 6.45) is 3.88. The maximum Gasteiger partial charge on any atom is 0.315 e. The zero-order valence-corrected chi connectivity index (χ0v) is 21.8. The second kappa shape index (κ2) is 10.4. The van der Waals surface area contributed by atoms with Crippen molar-refractivity contribution < 1.29 is 24.2 Å². The summed E-state index contributed by atoms with van der Waals surface area (Å²) in [6, 6.07) is 3.48. The van der Waals surface area contributed by atoms with Gasteiger partial charge in [-0.2, -0.15) is 0 Å². The molecule has 3 rings (SSSR count). The van der Waals surface area contributed by atoms with Crippen LogP contribution in [0, 0.1) is 11.3 Å². The third-order valence-electron chi connectivity index (χ3n) is 6.26. The van der Waals surface area contributed by atoms with Crippen LogP contribution in [0.15, 0.2) is 32.9 Å². The normalized spacial score (nSPS) is 22.0. The van der Waals surface area contributed by atoms with Crippen LogP contribution in [0.5, 0.6) is 11.5 Å². The molecule has 0 amide bonds. The van der Waals surface area contributed by atoms with Crippen molar-refractivity contribution in [3.63, 3.8) is 0 Å². The average molecular weight is 520 g/mol. The van der Waals surface area contributed by atoms with Crippen molar-refractivity contribution in [3.05, 3.63) is 33.4 Å². The molecule has 2 atom stereocenters. The molecule has 1 N–H and O–H groups in total. The lowest BCUT2D eigenvalue weighted by Gasteiger charge is -2.39. The predicted octanol–water partition coefficient (Wildman–Crippen LogP) is 6.10. The summed E-state index contributed by atoms with van der Waals surface area (Å²) >= 11 is 3.41. The molecule has 1 aliphatic heterocycles. The van der Waals surface area contributed by atoms with Crippen LogP contribution >= 0.6 is 15.9 Å². The lowest BCUT2D eigenvalue weighted by molar-refractivity contribution is -0.146. The molecule has 2 aliphatic rings. The quantitative estimate of drug-likeness (QED) is 0.331. The Morgan fingerprint density at radius 3 is 2.64 bits per heavy atom. The monoisotopic (exact) mass is 519 g/mol. The summed E-state index contributed by atoms with van der Waals surface area (Å²) in [4.78, 5) is 31.4. The van der Waals surface area contributed by atoms with Crippen molar-refractivity contribution in [2.75, 3.05) is 13.2 Å². The van der Waals surface area contributed by atoms with Gasteiger partial charge in [0.25, 0.3) is 0 Å². The number of hydrogen-bond acceptors (Lipinski definition) is 6. The number of ketones is 1. The molecule has 1 aromatic carbocycles. The Morgan fingerprint density at radius 1 is 1.24 bits per heavy atom. The molecule has 1 unspecified atom stereocenters. The molecule has 0 saturated heterocycles. The number of allylic oxidation sites excluding steroid dienone is 2. The van der Waals surface area contributed by atoms with Gasteiger partial charge < -0.3 is 14.6 Å². The highest BCUT2D eigenvalue weighted by atomic mass is 79.9. The van der Waals surface area contributed by atoms with Crippen LogP contribution in [0.4, 0.5) is 0 Å². The number of esters is 1. The third-order valence-corrected chi connectivity index (χ3v) is 6.86. The minimum absolute atomic E-state index is 0.00782. The summed E-state index contributed by atoms with van der Waals surface area (Å²) in [5.74, 6) is -1.32. The number of phenolic OH excluding ortho intramolecular Hbond substituents is 1. The molecular formula is C26H34BrNO5. The molecule has 6 nitrogen and oxygen atoms in total. The first-order valence-corrected chi connectivity index (χ1v) is 12.5. The number of halogens is 1. The highest BCUT2D eigenvalue weighted by molar-refractivity contribution is 9.10. The van der Waals surface area contributed by atoms with Gasteiger partial charge in [-0.25, -0.2) is 0 Å². The summed E-state index contributed by atoms with van der Waals surface area (Å²) < 4.78 is 11.7. The number of nitrogens with zero attached hydrogens (tertiary/aromatic N) is 1. The van der Waals surface area contributed by atoms with Gasteiger partial charge in [0.15, 0.2) is 17.3 Å². The fourth-order valence-electron chi connectivity index (χ4n) is 4.76. The van der Waals surface area contributed by atoms with Crippen molar-refractivity contribution in [1.82, 2.24) is 0 Å². The van der Waals surface area contributed by atoms with Gasteiger partial charge in [-0.15, -0.1) is 0 Å². The Morgan fingerprint density at radius 2 is 1.97 bits per heavy atom. The molecule has 0 saturated carbocycles. The van der Waals surface area contributed by atoms with Crippen LogP contribution in [-0.2, 0) is 14.3 Å². The van der Waals surface area contributed by atoms with E-state index in [1.54, 1.807) is 12.1 Å². The Balaban J connectivity index is 2.11. The summed E-state index contributed by atoms with van der Waals surface area (Å²) in [6.45, 7) is 10.6. The van der Waals surface area contributed by atoms with Crippen molar-refractivity contribution in [3.8, 4) is 11.5 Å². The molecule has 0 spiro atoms. The van der Waals surface area contributed by atoms with Crippen molar-refractivity contribution >= 4 is 33.4 Å². The van der Waals surface area contributed by atoms with E-state index in [0.717, 1.165) is 25.0 Å². The highest BCUT2D eigenvalue weighted by Gasteiger charge is 2.46. The number of hydrogen-bond donors (Lipinski definition) is 1. The van der Waals surface area contributed by atoms with Crippen molar-refractivity contribution in [2.45, 2.75) is 72.6 Å². The zero-order chi connectivity index (χ0) is 24.3. The minimum Gasteiger partial charge on any atom is -0.503 e. The summed E-state index contributed by atoms with van der Waals surface area (Å²) in [5.41, 5.74) is 2.50. The Labute approximate surface area is 204 Å². The van der Waals surface area contributed by atoms with Gasteiger partial charge in [-0.05, 0) is 65.7 Å². The van der Waals surface area contributed by atoms with Crippen molar-refractivity contribution in [1.29, 1.82) is 0 Å². The maximum atomic E-state index is 13.4. The van der Waals surface area contributed by atoms with E-state index in [0.29, 0.717) is 53.1 Å². The standard InChI is InChI=1S/C26H34BrNO5/c1-6-8-9-10-33-25(31)21-15(3)28-18-13-26(4,5)14-19(29)23(18)22(21)16-11-17(27)24(30)20(12-16)32-7-2/h11-12,21-22,30H,6-10,13-14H2,1-5H3/t21?,22-/m0/s1. The van der Waals surface area contributed by atoms with Crippen LogP contribution in [0.3, 0.4) is 0 Å². The molecule has 0 fully saturated rings. The van der Waals surface area contributed by atoms with Gasteiger partial charge in [0.2, 0.25) is 0 Å². The lowest BCUT2D eigenvalue weighted by atomic mass is 9.67. The first-order valence-electron chi connectivity index (χ1n) is 11.7.